The predicted octanol–water partition coefficient (Wildman–Crippen LogP) is 6.53. The molecule has 0 unspecified atom stereocenters. The molecule has 1 heterocycles. The predicted molar refractivity (Wildman–Crippen MR) is 108 cm³/mol. The molecule has 0 saturated carbocycles. The first-order valence-corrected chi connectivity index (χ1v) is 9.34. The van der Waals surface area contributed by atoms with Crippen molar-refractivity contribution in [2.24, 2.45) is 0 Å². The first-order chi connectivity index (χ1) is 13.6. The van der Waals surface area contributed by atoms with Gasteiger partial charge in [-0.1, -0.05) is 40.2 Å². The summed E-state index contributed by atoms with van der Waals surface area (Å²) in [5.74, 6) is 0.585. The van der Waals surface area contributed by atoms with E-state index in [1.54, 1.807) is 12.1 Å². The lowest BCUT2D eigenvalue weighted by Crippen LogP contribution is -2.21. The van der Waals surface area contributed by atoms with E-state index in [2.05, 4.69) is 38.9 Å². The maximum Gasteiger partial charge on any atom is 0.524 e. The second-order valence-electron chi connectivity index (χ2n) is 6.60. The number of ether oxygens (including phenoxy) is 3. The zero-order valence-corrected chi connectivity index (χ0v) is 15.7. The smallest absolute Gasteiger partial charge is 0.394 e. The monoisotopic (exact) mass is 432 g/mol. The highest BCUT2D eigenvalue weighted by molar-refractivity contribution is 9.10. The fraction of sp³-hybridized carbons (Fsp3) is 0. The lowest BCUT2D eigenvalue weighted by atomic mass is 9.89. The molecule has 0 aromatic heterocycles. The third kappa shape index (κ3) is 1.95. The molecule has 5 aromatic rings. The van der Waals surface area contributed by atoms with Gasteiger partial charge in [-0.15, -0.1) is 0 Å². The number of rotatable bonds is 0. The molecule has 1 aliphatic rings. The minimum atomic E-state index is -1.11. The molecule has 6 heteroatoms. The van der Waals surface area contributed by atoms with E-state index in [4.69, 9.17) is 9.47 Å². The van der Waals surface area contributed by atoms with Gasteiger partial charge in [-0.2, -0.15) is 0 Å². The van der Waals surface area contributed by atoms with Gasteiger partial charge in [0.2, 0.25) is 0 Å². The van der Waals surface area contributed by atoms with Crippen LogP contribution in [0.2, 0.25) is 0 Å². The van der Waals surface area contributed by atoms with Crippen molar-refractivity contribution in [3.05, 3.63) is 59.1 Å². The summed E-state index contributed by atoms with van der Waals surface area (Å²) in [6.07, 6.45) is -2.22. The molecule has 0 N–H and O–H groups in total. The molecule has 0 amide bonds. The van der Waals surface area contributed by atoms with Gasteiger partial charge in [-0.05, 0) is 62.6 Å². The van der Waals surface area contributed by atoms with Gasteiger partial charge in [-0.3, -0.25) is 0 Å². The van der Waals surface area contributed by atoms with Crippen molar-refractivity contribution in [3.8, 4) is 11.5 Å². The number of carbonyl (C=O) groups excluding carboxylic acids is 2. The number of cyclic esters (lactones) is 2. The summed E-state index contributed by atoms with van der Waals surface area (Å²) in [6.45, 7) is 0. The highest BCUT2D eigenvalue weighted by Gasteiger charge is 2.25. The molecule has 5 nitrogen and oxygen atoms in total. The van der Waals surface area contributed by atoms with Gasteiger partial charge in [0.1, 0.15) is 11.5 Å². The van der Waals surface area contributed by atoms with E-state index in [0.29, 0.717) is 16.9 Å². The van der Waals surface area contributed by atoms with E-state index < -0.39 is 12.3 Å². The Morgan fingerprint density at radius 3 is 1.75 bits per heavy atom. The van der Waals surface area contributed by atoms with Crippen LogP contribution >= 0.6 is 15.9 Å². The molecular formula is C22H9BrO5. The average Bonchev–Trinajstić information content (AvgIpc) is 2.67. The minimum Gasteiger partial charge on any atom is -0.394 e. The molecule has 0 radical (unpaired) electrons. The zero-order chi connectivity index (χ0) is 19.0. The van der Waals surface area contributed by atoms with Gasteiger partial charge in [0, 0.05) is 9.86 Å². The third-order valence-corrected chi connectivity index (χ3v) is 5.90. The maximum absolute atomic E-state index is 11.8. The van der Waals surface area contributed by atoms with Crippen molar-refractivity contribution in [2.75, 3.05) is 0 Å². The van der Waals surface area contributed by atoms with Crippen LogP contribution in [-0.2, 0) is 4.74 Å². The molecule has 0 atom stereocenters. The van der Waals surface area contributed by atoms with Crippen molar-refractivity contribution < 1.29 is 23.8 Å². The van der Waals surface area contributed by atoms with Crippen LogP contribution in [0.5, 0.6) is 11.5 Å². The van der Waals surface area contributed by atoms with E-state index in [0.717, 1.165) is 42.2 Å². The summed E-state index contributed by atoms with van der Waals surface area (Å²) < 4.78 is 16.0. The Hall–Kier alpha value is -3.38. The van der Waals surface area contributed by atoms with Crippen molar-refractivity contribution >= 4 is 71.3 Å². The molecule has 1 aliphatic heterocycles. The van der Waals surface area contributed by atoms with Crippen LogP contribution in [0.3, 0.4) is 0 Å². The third-order valence-electron chi connectivity index (χ3n) is 5.21. The molecule has 0 saturated heterocycles. The van der Waals surface area contributed by atoms with Gasteiger partial charge in [0.25, 0.3) is 0 Å². The minimum absolute atomic E-state index is 0.292. The molecular weight excluding hydrogens is 424 g/mol. The molecule has 0 spiro atoms. The van der Waals surface area contributed by atoms with Crippen molar-refractivity contribution in [3.63, 3.8) is 0 Å². The van der Waals surface area contributed by atoms with Crippen LogP contribution in [0.1, 0.15) is 0 Å². The standard InChI is InChI=1S/C22H9BrO5/c23-15-7-4-11-13-6-9-17-20-16(26-21(24)28-22(25)27-17)8-5-12(19(13)20)10-2-1-3-14(15)18(10)11/h1-9H. The van der Waals surface area contributed by atoms with Crippen LogP contribution in [0.25, 0.3) is 43.1 Å². The summed E-state index contributed by atoms with van der Waals surface area (Å²) in [6, 6.07) is 17.5. The van der Waals surface area contributed by atoms with Crippen molar-refractivity contribution in [1.29, 1.82) is 0 Å². The molecule has 134 valence electrons. The van der Waals surface area contributed by atoms with Crippen LogP contribution in [0.4, 0.5) is 9.59 Å². The molecule has 0 fully saturated rings. The van der Waals surface area contributed by atoms with E-state index in [1.165, 1.54) is 0 Å². The van der Waals surface area contributed by atoms with Crippen molar-refractivity contribution in [1.82, 2.24) is 0 Å². The number of halogens is 1. The Morgan fingerprint density at radius 1 is 0.536 bits per heavy atom. The van der Waals surface area contributed by atoms with Crippen LogP contribution in [-0.4, -0.2) is 12.3 Å². The maximum atomic E-state index is 11.8. The molecule has 28 heavy (non-hydrogen) atoms. The quantitative estimate of drug-likeness (QED) is 0.0914. The van der Waals surface area contributed by atoms with E-state index >= 15 is 0 Å². The Balaban J connectivity index is 1.91. The highest BCUT2D eigenvalue weighted by Crippen LogP contribution is 2.47. The summed E-state index contributed by atoms with van der Waals surface area (Å²) >= 11 is 3.64. The van der Waals surface area contributed by atoms with E-state index in [-0.39, 0.29) is 0 Å². The Labute approximate surface area is 165 Å². The average molecular weight is 433 g/mol. The lowest BCUT2D eigenvalue weighted by molar-refractivity contribution is 0.0880. The Bertz CT molecular complexity index is 1420. The SMILES string of the molecule is O=C1OC(=O)Oc2ccc3c4ccc(Br)c5cccc(c6ccc(c2c63)O1)c54. The summed E-state index contributed by atoms with van der Waals surface area (Å²) in [7, 11) is 0. The molecule has 0 aliphatic carbocycles. The molecule has 5 aromatic carbocycles. The fourth-order valence-electron chi connectivity index (χ4n) is 4.16. The Morgan fingerprint density at radius 2 is 1.07 bits per heavy atom. The summed E-state index contributed by atoms with van der Waals surface area (Å²) in [5, 5.41) is 7.83. The van der Waals surface area contributed by atoms with Crippen molar-refractivity contribution in [2.45, 2.75) is 0 Å². The highest BCUT2D eigenvalue weighted by atomic mass is 79.9. The van der Waals surface area contributed by atoms with E-state index in [9.17, 15) is 9.59 Å². The number of benzene rings is 5. The fourth-order valence-corrected chi connectivity index (χ4v) is 4.62. The van der Waals surface area contributed by atoms with Gasteiger partial charge < -0.3 is 14.2 Å². The Kier molecular flexibility index (Phi) is 2.98. The van der Waals surface area contributed by atoms with Crippen LogP contribution in [0.15, 0.2) is 59.1 Å². The normalized spacial score (nSPS) is 14.2. The largest absolute Gasteiger partial charge is 0.524 e. The van der Waals surface area contributed by atoms with Gasteiger partial charge >= 0.3 is 12.3 Å². The van der Waals surface area contributed by atoms with Gasteiger partial charge in [-0.25, -0.2) is 9.59 Å². The first kappa shape index (κ1) is 15.7. The van der Waals surface area contributed by atoms with E-state index in [1.807, 2.05) is 24.3 Å². The number of hydrogen-bond donors (Lipinski definition) is 0. The molecule has 0 bridgehead atoms. The molecule has 6 rings (SSSR count). The number of hydrogen-bond acceptors (Lipinski definition) is 5. The topological polar surface area (TPSA) is 61.8 Å². The first-order valence-electron chi connectivity index (χ1n) is 8.55. The number of carbonyl (C=O) groups is 2. The van der Waals surface area contributed by atoms with Crippen LogP contribution in [0, 0.1) is 0 Å². The zero-order valence-electron chi connectivity index (χ0n) is 14.1. The van der Waals surface area contributed by atoms with Gasteiger partial charge in [0.15, 0.2) is 0 Å². The second kappa shape index (κ2) is 5.33. The van der Waals surface area contributed by atoms with Crippen LogP contribution < -0.4 is 9.47 Å². The number of fused-ring (bicyclic) bond motifs is 2. The second-order valence-corrected chi connectivity index (χ2v) is 7.46. The summed E-state index contributed by atoms with van der Waals surface area (Å²) in [4.78, 5) is 23.6. The summed E-state index contributed by atoms with van der Waals surface area (Å²) in [5.41, 5.74) is 0. The van der Waals surface area contributed by atoms with Gasteiger partial charge in [0.05, 0.1) is 5.39 Å². The lowest BCUT2D eigenvalue weighted by Gasteiger charge is -2.19.